The van der Waals surface area contributed by atoms with Gasteiger partial charge in [0.2, 0.25) is 5.91 Å². The highest BCUT2D eigenvalue weighted by molar-refractivity contribution is 6.05. The van der Waals surface area contributed by atoms with Gasteiger partial charge >= 0.3 is 5.97 Å². The Hall–Kier alpha value is -3.22. The summed E-state index contributed by atoms with van der Waals surface area (Å²) >= 11 is 0. The molecule has 0 heterocycles. The summed E-state index contributed by atoms with van der Waals surface area (Å²) in [5, 5.41) is 14.1. The molecule has 0 atom stereocenters. The molecule has 0 radical (unpaired) electrons. The number of hydrogen-bond acceptors (Lipinski definition) is 3. The van der Waals surface area contributed by atoms with E-state index in [1.807, 2.05) is 13.8 Å². The third-order valence-corrected chi connectivity index (χ3v) is 3.82. The van der Waals surface area contributed by atoms with Crippen molar-refractivity contribution >= 4 is 29.2 Å². The maximum Gasteiger partial charge on any atom is 0.336 e. The molecule has 2 amide bonds. The van der Waals surface area contributed by atoms with E-state index in [-0.39, 0.29) is 40.7 Å². The quantitative estimate of drug-likeness (QED) is 0.712. The predicted octanol–water partition coefficient (Wildman–Crippen LogP) is 4.07. The minimum atomic E-state index is -1.10. The molecule has 0 aliphatic heterocycles. The zero-order valence-electron chi connectivity index (χ0n) is 15.3. The van der Waals surface area contributed by atoms with Crippen molar-refractivity contribution in [2.45, 2.75) is 27.2 Å². The molecule has 0 saturated heterocycles. The summed E-state index contributed by atoms with van der Waals surface area (Å²) in [7, 11) is 0. The Bertz CT molecular complexity index is 894. The van der Waals surface area contributed by atoms with Crippen molar-refractivity contribution < 1.29 is 23.9 Å². The smallest absolute Gasteiger partial charge is 0.336 e. The Morgan fingerprint density at radius 1 is 1.07 bits per heavy atom. The Labute approximate surface area is 156 Å². The third kappa shape index (κ3) is 5.37. The molecule has 6 nitrogen and oxygen atoms in total. The second kappa shape index (κ2) is 8.44. The fraction of sp³-hybridized carbons (Fsp3) is 0.250. The first kappa shape index (κ1) is 20.1. The van der Waals surface area contributed by atoms with Crippen LogP contribution in [0, 0.1) is 18.7 Å². The monoisotopic (exact) mass is 372 g/mol. The van der Waals surface area contributed by atoms with Gasteiger partial charge in [0, 0.05) is 17.7 Å². The summed E-state index contributed by atoms with van der Waals surface area (Å²) in [5.74, 6) is -2.58. The molecule has 0 saturated carbocycles. The lowest BCUT2D eigenvalue weighted by Crippen LogP contribution is -2.16. The number of aromatic carboxylic acids is 1. The SMILES string of the molecule is Cc1ccc(NC(=O)c2ccc(NC(=O)CC(C)C)c(F)c2)cc1C(=O)O. The third-order valence-electron chi connectivity index (χ3n) is 3.82. The lowest BCUT2D eigenvalue weighted by Gasteiger charge is -2.10. The zero-order chi connectivity index (χ0) is 20.1. The van der Waals surface area contributed by atoms with Gasteiger partial charge in [-0.25, -0.2) is 9.18 Å². The second-order valence-corrected chi connectivity index (χ2v) is 6.63. The molecule has 0 spiro atoms. The molecule has 0 aliphatic carbocycles. The van der Waals surface area contributed by atoms with Gasteiger partial charge in [0.25, 0.3) is 5.91 Å². The number of hydrogen-bond donors (Lipinski definition) is 3. The van der Waals surface area contributed by atoms with Gasteiger partial charge in [0.05, 0.1) is 11.3 Å². The number of carboxylic acid groups (broad SMARTS) is 1. The Kier molecular flexibility index (Phi) is 6.28. The summed E-state index contributed by atoms with van der Waals surface area (Å²) in [6.45, 7) is 5.41. The fourth-order valence-corrected chi connectivity index (χ4v) is 2.46. The van der Waals surface area contributed by atoms with Gasteiger partial charge in [-0.2, -0.15) is 0 Å². The summed E-state index contributed by atoms with van der Waals surface area (Å²) in [5.41, 5.74) is 0.973. The van der Waals surface area contributed by atoms with Crippen molar-refractivity contribution in [2.75, 3.05) is 10.6 Å². The van der Waals surface area contributed by atoms with E-state index in [2.05, 4.69) is 10.6 Å². The maximum absolute atomic E-state index is 14.2. The van der Waals surface area contributed by atoms with Crippen molar-refractivity contribution in [1.82, 2.24) is 0 Å². The Balaban J connectivity index is 2.13. The molecule has 0 fully saturated rings. The van der Waals surface area contributed by atoms with Gasteiger partial charge in [-0.15, -0.1) is 0 Å². The van der Waals surface area contributed by atoms with Gasteiger partial charge in [0.15, 0.2) is 0 Å². The Morgan fingerprint density at radius 2 is 1.78 bits per heavy atom. The van der Waals surface area contributed by atoms with Crippen molar-refractivity contribution in [1.29, 1.82) is 0 Å². The molecule has 3 N–H and O–H groups in total. The van der Waals surface area contributed by atoms with Crippen LogP contribution in [-0.4, -0.2) is 22.9 Å². The van der Waals surface area contributed by atoms with Crippen molar-refractivity contribution in [3.63, 3.8) is 0 Å². The topological polar surface area (TPSA) is 95.5 Å². The highest BCUT2D eigenvalue weighted by Gasteiger charge is 2.14. The van der Waals surface area contributed by atoms with Gasteiger partial charge in [0.1, 0.15) is 5.82 Å². The van der Waals surface area contributed by atoms with Gasteiger partial charge in [-0.1, -0.05) is 19.9 Å². The molecular weight excluding hydrogens is 351 g/mol. The molecule has 2 rings (SSSR count). The average molecular weight is 372 g/mol. The van der Waals surface area contributed by atoms with Crippen LogP contribution in [0.2, 0.25) is 0 Å². The van der Waals surface area contributed by atoms with Crippen LogP contribution in [0.1, 0.15) is 46.5 Å². The summed E-state index contributed by atoms with van der Waals surface area (Å²) < 4.78 is 14.2. The van der Waals surface area contributed by atoms with E-state index < -0.39 is 17.7 Å². The summed E-state index contributed by atoms with van der Waals surface area (Å²) in [4.78, 5) is 35.2. The van der Waals surface area contributed by atoms with Crippen LogP contribution < -0.4 is 10.6 Å². The van der Waals surface area contributed by atoms with Crippen LogP contribution >= 0.6 is 0 Å². The minimum absolute atomic E-state index is 0.000648. The molecule has 27 heavy (non-hydrogen) atoms. The van der Waals surface area contributed by atoms with E-state index in [4.69, 9.17) is 5.11 Å². The second-order valence-electron chi connectivity index (χ2n) is 6.63. The van der Waals surface area contributed by atoms with Crippen LogP contribution in [-0.2, 0) is 4.79 Å². The number of amides is 2. The van der Waals surface area contributed by atoms with Gasteiger partial charge in [-0.05, 0) is 48.7 Å². The first-order chi connectivity index (χ1) is 12.7. The number of anilines is 2. The molecule has 0 aliphatic rings. The number of halogens is 1. The average Bonchev–Trinajstić information content (AvgIpc) is 2.57. The number of benzene rings is 2. The number of nitrogens with one attached hydrogen (secondary N) is 2. The molecule has 0 bridgehead atoms. The van der Waals surface area contributed by atoms with Crippen molar-refractivity contribution in [3.8, 4) is 0 Å². The molecule has 7 heteroatoms. The lowest BCUT2D eigenvalue weighted by molar-refractivity contribution is -0.116. The molecule has 0 aromatic heterocycles. The maximum atomic E-state index is 14.2. The van der Waals surface area contributed by atoms with E-state index in [1.54, 1.807) is 19.1 Å². The van der Waals surface area contributed by atoms with E-state index in [0.29, 0.717) is 5.56 Å². The van der Waals surface area contributed by atoms with Crippen molar-refractivity contribution in [2.24, 2.45) is 5.92 Å². The first-order valence-corrected chi connectivity index (χ1v) is 8.42. The van der Waals surface area contributed by atoms with E-state index >= 15 is 0 Å². The number of aryl methyl sites for hydroxylation is 1. The number of carboxylic acids is 1. The first-order valence-electron chi connectivity index (χ1n) is 8.42. The Morgan fingerprint density at radius 3 is 2.37 bits per heavy atom. The van der Waals surface area contributed by atoms with E-state index in [0.717, 1.165) is 6.07 Å². The van der Waals surface area contributed by atoms with Crippen LogP contribution in [0.5, 0.6) is 0 Å². The molecule has 0 unspecified atom stereocenters. The van der Waals surface area contributed by atoms with E-state index in [9.17, 15) is 18.8 Å². The normalized spacial score (nSPS) is 10.6. The molecule has 2 aromatic carbocycles. The molecule has 142 valence electrons. The lowest BCUT2D eigenvalue weighted by atomic mass is 10.1. The van der Waals surface area contributed by atoms with Crippen LogP contribution in [0.25, 0.3) is 0 Å². The number of rotatable bonds is 6. The fourth-order valence-electron chi connectivity index (χ4n) is 2.46. The zero-order valence-corrected chi connectivity index (χ0v) is 15.3. The highest BCUT2D eigenvalue weighted by atomic mass is 19.1. The van der Waals surface area contributed by atoms with Crippen LogP contribution in [0.4, 0.5) is 15.8 Å². The minimum Gasteiger partial charge on any atom is -0.478 e. The van der Waals surface area contributed by atoms with Gasteiger partial charge in [-0.3, -0.25) is 9.59 Å². The predicted molar refractivity (Wildman–Crippen MR) is 101 cm³/mol. The highest BCUT2D eigenvalue weighted by Crippen LogP contribution is 2.19. The van der Waals surface area contributed by atoms with Crippen LogP contribution in [0.15, 0.2) is 36.4 Å². The summed E-state index contributed by atoms with van der Waals surface area (Å²) in [6.07, 6.45) is 0.265. The van der Waals surface area contributed by atoms with Gasteiger partial charge < -0.3 is 15.7 Å². The van der Waals surface area contributed by atoms with E-state index in [1.165, 1.54) is 18.2 Å². The number of carbonyl (C=O) groups excluding carboxylic acids is 2. The van der Waals surface area contributed by atoms with Crippen molar-refractivity contribution in [3.05, 3.63) is 58.9 Å². The molecule has 2 aromatic rings. The molecular formula is C20H21FN2O4. The number of carbonyl (C=O) groups is 3. The largest absolute Gasteiger partial charge is 0.478 e. The van der Waals surface area contributed by atoms with Crippen LogP contribution in [0.3, 0.4) is 0 Å². The summed E-state index contributed by atoms with van der Waals surface area (Å²) in [6, 6.07) is 8.21. The standard InChI is InChI=1S/C20H21FN2O4/c1-11(2)8-18(24)23-17-7-5-13(9-16(17)21)19(25)22-14-6-4-12(3)15(10-14)20(26)27/h4-7,9-11H,8H2,1-3H3,(H,22,25)(H,23,24)(H,26,27).